The Hall–Kier alpha value is -4.02. The molecule has 11 heteroatoms. The van der Waals surface area contributed by atoms with Crippen molar-refractivity contribution >= 4 is 28.8 Å². The number of anilines is 1. The number of fused-ring (bicyclic) bond motifs is 1. The molecule has 0 spiro atoms. The molecule has 34 heavy (non-hydrogen) atoms. The molecule has 0 atom stereocenters. The molecule has 0 aliphatic carbocycles. The van der Waals surface area contributed by atoms with Gasteiger partial charge in [-0.3, -0.25) is 9.59 Å². The van der Waals surface area contributed by atoms with Gasteiger partial charge in [-0.05, 0) is 36.6 Å². The van der Waals surface area contributed by atoms with Crippen molar-refractivity contribution in [1.29, 1.82) is 0 Å². The zero-order valence-electron chi connectivity index (χ0n) is 18.3. The van der Waals surface area contributed by atoms with Crippen molar-refractivity contribution in [2.45, 2.75) is 32.0 Å². The van der Waals surface area contributed by atoms with Crippen LogP contribution in [0.25, 0.3) is 11.2 Å². The number of piperidine rings is 1. The third-order valence-electron chi connectivity index (χ3n) is 5.56. The average molecular weight is 470 g/mol. The van der Waals surface area contributed by atoms with Crippen LogP contribution in [0.2, 0.25) is 0 Å². The predicted octanol–water partition coefficient (Wildman–Crippen LogP) is 3.08. The van der Waals surface area contributed by atoms with Gasteiger partial charge in [-0.15, -0.1) is 0 Å². The summed E-state index contributed by atoms with van der Waals surface area (Å²) in [6, 6.07) is 6.17. The molecule has 0 bridgehead atoms. The zero-order chi connectivity index (χ0) is 24.1. The number of hydrogen-bond donors (Lipinski definition) is 3. The first-order valence-corrected chi connectivity index (χ1v) is 10.8. The number of alkyl halides is 2. The number of likely N-dealkylation sites (tertiary alicyclic amines) is 1. The standard InChI is InChI=1S/C23H24F2N6O3/c1-2-19(32)31-9-7-15(8-10-31)29-18-13-27-21-20(30-18)17(12-26-21)22(33)28-11-14-3-5-16(6-4-14)34-23(24)25/h2-6,12-13,15,23H,1,7-11H2,(H,26,27)(H,28,33)(H,29,30). The van der Waals surface area contributed by atoms with Crippen LogP contribution in [0.4, 0.5) is 14.6 Å². The Morgan fingerprint density at radius 3 is 2.68 bits per heavy atom. The second-order valence-corrected chi connectivity index (χ2v) is 7.81. The Morgan fingerprint density at radius 1 is 1.26 bits per heavy atom. The minimum atomic E-state index is -2.89. The molecule has 9 nitrogen and oxygen atoms in total. The van der Waals surface area contributed by atoms with Gasteiger partial charge in [0, 0.05) is 31.9 Å². The molecule has 3 N–H and O–H groups in total. The molecule has 1 fully saturated rings. The molecule has 0 saturated carbocycles. The molecule has 0 unspecified atom stereocenters. The smallest absolute Gasteiger partial charge is 0.387 e. The van der Waals surface area contributed by atoms with E-state index >= 15 is 0 Å². The van der Waals surface area contributed by atoms with Crippen molar-refractivity contribution in [3.05, 3.63) is 60.4 Å². The number of H-pyrrole nitrogens is 1. The summed E-state index contributed by atoms with van der Waals surface area (Å²) < 4.78 is 28.8. The molecule has 1 saturated heterocycles. The van der Waals surface area contributed by atoms with E-state index in [1.54, 1.807) is 29.4 Å². The number of aromatic amines is 1. The summed E-state index contributed by atoms with van der Waals surface area (Å²) in [5.41, 5.74) is 1.98. The maximum atomic E-state index is 12.7. The summed E-state index contributed by atoms with van der Waals surface area (Å²) in [6.07, 6.45) is 6.00. The van der Waals surface area contributed by atoms with Crippen molar-refractivity contribution in [3.63, 3.8) is 0 Å². The van der Waals surface area contributed by atoms with E-state index in [1.807, 2.05) is 0 Å². The van der Waals surface area contributed by atoms with Gasteiger partial charge in [0.25, 0.3) is 5.91 Å². The first-order chi connectivity index (χ1) is 16.4. The average Bonchev–Trinajstić information content (AvgIpc) is 3.26. The van der Waals surface area contributed by atoms with Gasteiger partial charge in [0.05, 0.1) is 11.8 Å². The number of carbonyl (C=O) groups is 2. The molecule has 0 radical (unpaired) electrons. The number of rotatable bonds is 8. The highest BCUT2D eigenvalue weighted by atomic mass is 19.3. The van der Waals surface area contributed by atoms with Crippen LogP contribution in [0.15, 0.2) is 49.3 Å². The SMILES string of the molecule is C=CC(=O)N1CCC(Nc2cnc3[nH]cc(C(=O)NCc4ccc(OC(F)F)cc4)c3n2)CC1. The Labute approximate surface area is 194 Å². The maximum Gasteiger partial charge on any atom is 0.387 e. The molecule has 178 valence electrons. The van der Waals surface area contributed by atoms with Gasteiger partial charge in [0.15, 0.2) is 5.65 Å². The van der Waals surface area contributed by atoms with Crippen LogP contribution < -0.4 is 15.4 Å². The van der Waals surface area contributed by atoms with Crippen LogP contribution in [0, 0.1) is 0 Å². The normalized spacial score (nSPS) is 14.3. The first kappa shape index (κ1) is 23.1. The molecule has 1 aromatic carbocycles. The third kappa shape index (κ3) is 5.48. The molecule has 3 aromatic rings. The topological polar surface area (TPSA) is 112 Å². The highest BCUT2D eigenvalue weighted by Crippen LogP contribution is 2.20. The number of aromatic nitrogens is 3. The fourth-order valence-electron chi connectivity index (χ4n) is 3.78. The van der Waals surface area contributed by atoms with Crippen molar-refractivity contribution in [2.75, 3.05) is 18.4 Å². The number of amides is 2. The van der Waals surface area contributed by atoms with Gasteiger partial charge in [-0.25, -0.2) is 9.97 Å². The van der Waals surface area contributed by atoms with Crippen LogP contribution >= 0.6 is 0 Å². The molecule has 1 aliphatic heterocycles. The molecular formula is C23H24F2N6O3. The van der Waals surface area contributed by atoms with Crippen LogP contribution in [-0.4, -0.2) is 57.4 Å². The van der Waals surface area contributed by atoms with Gasteiger partial charge in [0.1, 0.15) is 17.1 Å². The van der Waals surface area contributed by atoms with E-state index in [2.05, 4.69) is 36.9 Å². The number of ether oxygens (including phenoxy) is 1. The van der Waals surface area contributed by atoms with Crippen molar-refractivity contribution in [1.82, 2.24) is 25.2 Å². The zero-order valence-corrected chi connectivity index (χ0v) is 18.3. The largest absolute Gasteiger partial charge is 0.435 e. The van der Waals surface area contributed by atoms with Crippen molar-refractivity contribution in [3.8, 4) is 5.75 Å². The van der Waals surface area contributed by atoms with Crippen molar-refractivity contribution < 1.29 is 23.1 Å². The minimum absolute atomic E-state index is 0.0509. The Balaban J connectivity index is 1.37. The highest BCUT2D eigenvalue weighted by Gasteiger charge is 2.22. The summed E-state index contributed by atoms with van der Waals surface area (Å²) in [4.78, 5) is 38.1. The van der Waals surface area contributed by atoms with Gasteiger partial charge in [0.2, 0.25) is 5.91 Å². The number of benzene rings is 1. The molecule has 4 rings (SSSR count). The highest BCUT2D eigenvalue weighted by molar-refractivity contribution is 6.04. The minimum Gasteiger partial charge on any atom is -0.435 e. The lowest BCUT2D eigenvalue weighted by atomic mass is 10.1. The maximum absolute atomic E-state index is 12.7. The lowest BCUT2D eigenvalue weighted by Crippen LogP contribution is -2.41. The molecule has 2 aromatic heterocycles. The summed E-state index contributed by atoms with van der Waals surface area (Å²) in [5.74, 6) is 0.182. The lowest BCUT2D eigenvalue weighted by molar-refractivity contribution is -0.126. The predicted molar refractivity (Wildman–Crippen MR) is 122 cm³/mol. The molecule has 2 amide bonds. The van der Waals surface area contributed by atoms with E-state index in [1.165, 1.54) is 18.2 Å². The Morgan fingerprint density at radius 2 is 2.00 bits per heavy atom. The first-order valence-electron chi connectivity index (χ1n) is 10.8. The van der Waals surface area contributed by atoms with E-state index in [4.69, 9.17) is 0 Å². The number of carbonyl (C=O) groups excluding carboxylic acids is 2. The quantitative estimate of drug-likeness (QED) is 0.436. The van der Waals surface area contributed by atoms with E-state index in [9.17, 15) is 18.4 Å². The summed E-state index contributed by atoms with van der Waals surface area (Å²) >= 11 is 0. The lowest BCUT2D eigenvalue weighted by Gasteiger charge is -2.31. The van der Waals surface area contributed by atoms with Gasteiger partial charge in [-0.1, -0.05) is 18.7 Å². The summed E-state index contributed by atoms with van der Waals surface area (Å²) in [6.45, 7) is 2.10. The molecule has 3 heterocycles. The fraction of sp³-hybridized carbons (Fsp3) is 0.304. The second kappa shape index (κ2) is 10.3. The van der Waals surface area contributed by atoms with E-state index in [0.717, 1.165) is 18.4 Å². The van der Waals surface area contributed by atoms with Crippen LogP contribution in [-0.2, 0) is 11.3 Å². The van der Waals surface area contributed by atoms with Crippen LogP contribution in [0.1, 0.15) is 28.8 Å². The summed E-state index contributed by atoms with van der Waals surface area (Å²) in [5, 5.41) is 6.13. The van der Waals surface area contributed by atoms with Gasteiger partial charge >= 0.3 is 6.61 Å². The Bertz CT molecular complexity index is 1170. The van der Waals surface area contributed by atoms with Gasteiger partial charge < -0.3 is 25.3 Å². The number of nitrogens with zero attached hydrogens (tertiary/aromatic N) is 3. The monoisotopic (exact) mass is 470 g/mol. The fourth-order valence-corrected chi connectivity index (χ4v) is 3.78. The van der Waals surface area contributed by atoms with E-state index in [-0.39, 0.29) is 30.2 Å². The summed E-state index contributed by atoms with van der Waals surface area (Å²) in [7, 11) is 0. The number of hydrogen-bond acceptors (Lipinski definition) is 6. The second-order valence-electron chi connectivity index (χ2n) is 7.81. The van der Waals surface area contributed by atoms with E-state index in [0.29, 0.717) is 35.6 Å². The van der Waals surface area contributed by atoms with Crippen LogP contribution in [0.3, 0.4) is 0 Å². The van der Waals surface area contributed by atoms with Crippen molar-refractivity contribution in [2.24, 2.45) is 0 Å². The number of nitrogens with one attached hydrogen (secondary N) is 3. The molecule has 1 aliphatic rings. The van der Waals surface area contributed by atoms with E-state index < -0.39 is 6.61 Å². The number of halogens is 2. The van der Waals surface area contributed by atoms with Gasteiger partial charge in [-0.2, -0.15) is 8.78 Å². The molecular weight excluding hydrogens is 446 g/mol. The Kier molecular flexibility index (Phi) is 7.00. The third-order valence-corrected chi connectivity index (χ3v) is 5.56. The van der Waals surface area contributed by atoms with Crippen LogP contribution in [0.5, 0.6) is 5.75 Å².